The second-order valence-corrected chi connectivity index (χ2v) is 12.0. The second kappa shape index (κ2) is 14.5. The van der Waals surface area contributed by atoms with Crippen LogP contribution in [0.5, 0.6) is 5.75 Å². The number of ether oxygens (including phenoxy) is 1. The molecular weight excluding hydrogens is 548 g/mol. The molecule has 42 heavy (non-hydrogen) atoms. The number of rotatable bonds is 13. The fourth-order valence-electron chi connectivity index (χ4n) is 5.01. The average molecular weight is 585 g/mol. The number of hydrogen-bond donors (Lipinski definition) is 1. The van der Waals surface area contributed by atoms with Gasteiger partial charge in [-0.05, 0) is 66.3 Å². The predicted octanol–water partition coefficient (Wildman–Crippen LogP) is 6.28. The Labute approximate surface area is 248 Å². The molecule has 0 unspecified atom stereocenters. The van der Waals surface area contributed by atoms with Crippen LogP contribution >= 0.6 is 0 Å². The summed E-state index contributed by atoms with van der Waals surface area (Å²) in [6.45, 7) is 2.37. The average Bonchev–Trinajstić information content (AvgIpc) is 2.96. The second-order valence-electron chi connectivity index (χ2n) is 10.3. The molecule has 0 saturated heterocycles. The topological polar surface area (TPSA) is 92.8 Å². The number of carbonyl (C=O) groups excluding carboxylic acids is 2. The van der Waals surface area contributed by atoms with Gasteiger partial charge >= 0.3 is 5.97 Å². The van der Waals surface area contributed by atoms with Gasteiger partial charge in [-0.2, -0.15) is 0 Å². The highest BCUT2D eigenvalue weighted by atomic mass is 32.2. The Balaban J connectivity index is 1.55. The van der Waals surface area contributed by atoms with E-state index in [1.165, 1.54) is 18.1 Å². The van der Waals surface area contributed by atoms with Gasteiger partial charge in [0.05, 0.1) is 6.26 Å². The Bertz CT molecular complexity index is 1550. The van der Waals surface area contributed by atoms with Gasteiger partial charge in [0.25, 0.3) is 5.91 Å². The summed E-state index contributed by atoms with van der Waals surface area (Å²) in [5.41, 5.74) is 4.12. The number of benzene rings is 4. The van der Waals surface area contributed by atoms with Crippen LogP contribution in [0.3, 0.4) is 0 Å². The summed E-state index contributed by atoms with van der Waals surface area (Å²) in [6.07, 6.45) is 3.17. The smallest absolute Gasteiger partial charge is 0.308 e. The van der Waals surface area contributed by atoms with Gasteiger partial charge in [0, 0.05) is 37.2 Å². The van der Waals surface area contributed by atoms with Gasteiger partial charge in [0.1, 0.15) is 5.75 Å². The molecule has 0 aliphatic carbocycles. The number of anilines is 1. The summed E-state index contributed by atoms with van der Waals surface area (Å²) in [7, 11) is -3.48. The number of carbonyl (C=O) groups is 2. The lowest BCUT2D eigenvalue weighted by Gasteiger charge is -2.26. The Morgan fingerprint density at radius 3 is 2.07 bits per heavy atom. The van der Waals surface area contributed by atoms with E-state index in [-0.39, 0.29) is 17.8 Å². The van der Waals surface area contributed by atoms with E-state index in [9.17, 15) is 18.0 Å². The van der Waals surface area contributed by atoms with Crippen LogP contribution in [0, 0.1) is 0 Å². The first-order valence-electron chi connectivity index (χ1n) is 13.9. The molecule has 0 aliphatic heterocycles. The minimum atomic E-state index is -3.48. The lowest BCUT2D eigenvalue weighted by molar-refractivity contribution is -0.131. The molecule has 0 atom stereocenters. The SMILES string of the molecule is CC(=O)Oc1cccc(CCCN(CCC(c2ccccc2)c2ccccc2)C(=O)c2cccc(NS(C)(=O)=O)c2)c1. The first-order chi connectivity index (χ1) is 20.2. The van der Waals surface area contributed by atoms with E-state index < -0.39 is 10.0 Å². The van der Waals surface area contributed by atoms with Gasteiger partial charge in [0.2, 0.25) is 10.0 Å². The van der Waals surface area contributed by atoms with Crippen LogP contribution in [0.15, 0.2) is 109 Å². The van der Waals surface area contributed by atoms with Gasteiger partial charge in [0.15, 0.2) is 0 Å². The third-order valence-corrected chi connectivity index (χ3v) is 7.45. The van der Waals surface area contributed by atoms with Gasteiger partial charge in [-0.3, -0.25) is 14.3 Å². The molecule has 1 N–H and O–H groups in total. The summed E-state index contributed by atoms with van der Waals surface area (Å²) in [6, 6.07) is 34.5. The van der Waals surface area contributed by atoms with Gasteiger partial charge in [-0.1, -0.05) is 78.9 Å². The summed E-state index contributed by atoms with van der Waals surface area (Å²) < 4.78 is 31.3. The molecule has 0 aromatic heterocycles. The first-order valence-corrected chi connectivity index (χ1v) is 15.8. The summed E-state index contributed by atoms with van der Waals surface area (Å²) in [5, 5.41) is 0. The van der Waals surface area contributed by atoms with Crippen molar-refractivity contribution in [2.24, 2.45) is 0 Å². The van der Waals surface area contributed by atoms with E-state index in [0.717, 1.165) is 11.8 Å². The van der Waals surface area contributed by atoms with Crippen molar-refractivity contribution in [3.05, 3.63) is 131 Å². The van der Waals surface area contributed by atoms with Gasteiger partial charge < -0.3 is 9.64 Å². The number of nitrogens with zero attached hydrogens (tertiary/aromatic N) is 1. The Kier molecular flexibility index (Phi) is 10.5. The van der Waals surface area contributed by atoms with Gasteiger partial charge in [-0.25, -0.2) is 8.42 Å². The van der Waals surface area contributed by atoms with Gasteiger partial charge in [-0.15, -0.1) is 0 Å². The van der Waals surface area contributed by atoms with Crippen LogP contribution in [0.4, 0.5) is 5.69 Å². The minimum absolute atomic E-state index is 0.0985. The molecule has 4 aromatic carbocycles. The van der Waals surface area contributed by atoms with Crippen LogP contribution in [0.25, 0.3) is 0 Å². The number of sulfonamides is 1. The third kappa shape index (κ3) is 9.31. The lowest BCUT2D eigenvalue weighted by atomic mass is 9.88. The molecule has 0 radical (unpaired) electrons. The molecule has 0 saturated carbocycles. The third-order valence-electron chi connectivity index (χ3n) is 6.85. The fraction of sp³-hybridized carbons (Fsp3) is 0.235. The quantitative estimate of drug-likeness (QED) is 0.148. The van der Waals surface area contributed by atoms with Crippen molar-refractivity contribution < 1.29 is 22.7 Å². The van der Waals surface area contributed by atoms with Crippen LogP contribution in [0.1, 0.15) is 52.7 Å². The largest absolute Gasteiger partial charge is 0.427 e. The maximum atomic E-state index is 13.9. The molecular formula is C34H36N2O5S. The monoisotopic (exact) mass is 584 g/mol. The van der Waals surface area contributed by atoms with Crippen molar-refractivity contribution in [3.8, 4) is 5.75 Å². The summed E-state index contributed by atoms with van der Waals surface area (Å²) in [5.74, 6) is 0.0571. The van der Waals surface area contributed by atoms with E-state index in [2.05, 4.69) is 29.0 Å². The molecule has 8 heteroatoms. The fourth-order valence-corrected chi connectivity index (χ4v) is 5.57. The molecule has 0 spiro atoms. The van der Waals surface area contributed by atoms with Crippen molar-refractivity contribution >= 4 is 27.6 Å². The predicted molar refractivity (Wildman–Crippen MR) is 166 cm³/mol. The maximum Gasteiger partial charge on any atom is 0.308 e. The van der Waals surface area contributed by atoms with Crippen LogP contribution in [-0.4, -0.2) is 44.5 Å². The zero-order valence-electron chi connectivity index (χ0n) is 23.9. The van der Waals surface area contributed by atoms with E-state index in [1.54, 1.807) is 30.3 Å². The number of amides is 1. The zero-order valence-corrected chi connectivity index (χ0v) is 24.7. The normalized spacial score (nSPS) is 11.2. The van der Waals surface area contributed by atoms with Crippen molar-refractivity contribution in [2.75, 3.05) is 24.1 Å². The molecule has 7 nitrogen and oxygen atoms in total. The van der Waals surface area contributed by atoms with Crippen molar-refractivity contribution in [1.29, 1.82) is 0 Å². The molecule has 0 bridgehead atoms. The molecule has 0 heterocycles. The minimum Gasteiger partial charge on any atom is -0.427 e. The van der Waals surface area contributed by atoms with E-state index in [4.69, 9.17) is 4.74 Å². The summed E-state index contributed by atoms with van der Waals surface area (Å²) >= 11 is 0. The Morgan fingerprint density at radius 2 is 1.45 bits per heavy atom. The van der Waals surface area contributed by atoms with E-state index >= 15 is 0 Å². The van der Waals surface area contributed by atoms with E-state index in [0.29, 0.717) is 49.4 Å². The molecule has 0 fully saturated rings. The summed E-state index contributed by atoms with van der Waals surface area (Å²) in [4.78, 5) is 27.1. The first kappa shape index (κ1) is 30.5. The van der Waals surface area contributed by atoms with Crippen LogP contribution < -0.4 is 9.46 Å². The van der Waals surface area contributed by atoms with E-state index in [1.807, 2.05) is 59.5 Å². The molecule has 4 aromatic rings. The van der Waals surface area contributed by atoms with Crippen molar-refractivity contribution in [1.82, 2.24) is 4.90 Å². The van der Waals surface area contributed by atoms with Crippen molar-refractivity contribution in [3.63, 3.8) is 0 Å². The van der Waals surface area contributed by atoms with Crippen molar-refractivity contribution in [2.45, 2.75) is 32.1 Å². The van der Waals surface area contributed by atoms with Crippen LogP contribution in [-0.2, 0) is 21.2 Å². The molecule has 4 rings (SSSR count). The number of nitrogens with one attached hydrogen (secondary N) is 1. The molecule has 1 amide bonds. The Morgan fingerprint density at radius 1 is 0.810 bits per heavy atom. The molecule has 218 valence electrons. The number of esters is 1. The highest BCUT2D eigenvalue weighted by molar-refractivity contribution is 7.92. The standard InChI is InChI=1S/C34H36N2O5S/c1-26(37)41-32-20-9-12-27(24-32)13-11-22-36(34(38)30-18-10-19-31(25-30)35-42(2,39)40)23-21-33(28-14-5-3-6-15-28)29-16-7-4-8-17-29/h3-10,12,14-20,24-25,33,35H,11,13,21-23H2,1-2H3. The highest BCUT2D eigenvalue weighted by Crippen LogP contribution is 2.28. The molecule has 0 aliphatic rings. The maximum absolute atomic E-state index is 13.9. The number of aryl methyl sites for hydroxylation is 1. The number of hydrogen-bond acceptors (Lipinski definition) is 5. The lowest BCUT2D eigenvalue weighted by Crippen LogP contribution is -2.34. The zero-order chi connectivity index (χ0) is 30.0. The van der Waals surface area contributed by atoms with Crippen LogP contribution in [0.2, 0.25) is 0 Å². The Hall–Kier alpha value is -4.43. The highest BCUT2D eigenvalue weighted by Gasteiger charge is 2.21.